The first-order valence-electron chi connectivity index (χ1n) is 4.54. The fourth-order valence-corrected chi connectivity index (χ4v) is 1.19. The average molecular weight is 224 g/mol. The van der Waals surface area contributed by atoms with Crippen molar-refractivity contribution in [2.24, 2.45) is 0 Å². The molecule has 0 heterocycles. The summed E-state index contributed by atoms with van der Waals surface area (Å²) in [6.45, 7) is 1.21. The summed E-state index contributed by atoms with van der Waals surface area (Å²) in [6.07, 6.45) is 0. The van der Waals surface area contributed by atoms with Gasteiger partial charge in [-0.05, 0) is 12.1 Å². The highest BCUT2D eigenvalue weighted by molar-refractivity contribution is 5.71. The van der Waals surface area contributed by atoms with Crippen LogP contribution in [-0.4, -0.2) is 20.2 Å². The number of hydrogen-bond donors (Lipinski definition) is 0. The average Bonchev–Trinajstić information content (AvgIpc) is 2.38. The number of rotatable bonds is 3. The predicted octanol–water partition coefficient (Wildman–Crippen LogP) is 0.989. The van der Waals surface area contributed by atoms with E-state index >= 15 is 0 Å². The second-order valence-electron chi connectivity index (χ2n) is 2.91. The smallest absolute Gasteiger partial charge is 0.308 e. The molecule has 0 radical (unpaired) electrons. The van der Waals surface area contributed by atoms with Crippen LogP contribution in [0.4, 0.5) is 0 Å². The summed E-state index contributed by atoms with van der Waals surface area (Å²) in [5.74, 6) is -0.339. The number of ether oxygens (including phenoxy) is 3. The van der Waals surface area contributed by atoms with Crippen molar-refractivity contribution in [3.05, 3.63) is 28.4 Å². The van der Waals surface area contributed by atoms with Crippen molar-refractivity contribution < 1.29 is 19.0 Å². The van der Waals surface area contributed by atoms with Gasteiger partial charge in [0, 0.05) is 6.92 Å². The quantitative estimate of drug-likeness (QED) is 0.716. The first-order chi connectivity index (χ1) is 7.60. The molecule has 0 bridgehead atoms. The van der Waals surface area contributed by atoms with Crippen LogP contribution in [-0.2, 0) is 4.79 Å². The molecule has 5 heteroatoms. The van der Waals surface area contributed by atoms with Crippen molar-refractivity contribution in [2.75, 3.05) is 14.2 Å². The van der Waals surface area contributed by atoms with Crippen LogP contribution in [0.2, 0.25) is 0 Å². The summed E-state index contributed by atoms with van der Waals surface area (Å²) in [7, 11) is 2.80. The topological polar surface area (TPSA) is 61.8 Å². The molecule has 0 atom stereocenters. The van der Waals surface area contributed by atoms with Crippen LogP contribution in [0.1, 0.15) is 6.92 Å². The van der Waals surface area contributed by atoms with Crippen LogP contribution in [0.5, 0.6) is 17.2 Å². The molecule has 1 rings (SSSR count). The molecule has 0 aliphatic carbocycles. The van der Waals surface area contributed by atoms with Crippen LogP contribution < -0.4 is 19.6 Å². The maximum absolute atomic E-state index is 11.6. The fourth-order valence-electron chi connectivity index (χ4n) is 1.19. The Morgan fingerprint density at radius 3 is 2.31 bits per heavy atom. The lowest BCUT2D eigenvalue weighted by molar-refractivity contribution is -0.132. The Balaban J connectivity index is 3.48. The Morgan fingerprint density at radius 1 is 1.12 bits per heavy atom. The van der Waals surface area contributed by atoms with E-state index in [2.05, 4.69) is 0 Å². The number of esters is 1. The number of carbonyl (C=O) groups excluding carboxylic acids is 1. The van der Waals surface area contributed by atoms with E-state index in [0.29, 0.717) is 5.75 Å². The molecule has 0 spiro atoms. The van der Waals surface area contributed by atoms with E-state index < -0.39 is 11.4 Å². The summed E-state index contributed by atoms with van der Waals surface area (Å²) in [5.41, 5.74) is -0.449. The molecule has 0 aromatic heterocycles. The molecule has 0 aliphatic rings. The predicted molar refractivity (Wildman–Crippen MR) is 57.1 cm³/mol. The highest BCUT2D eigenvalue weighted by atomic mass is 16.6. The van der Waals surface area contributed by atoms with Crippen molar-refractivity contribution in [1.29, 1.82) is 0 Å². The fraction of sp³-hybridized carbons (Fsp3) is 0.273. The summed E-state index contributed by atoms with van der Waals surface area (Å²) in [5, 5.41) is 0. The zero-order valence-electron chi connectivity index (χ0n) is 9.27. The molecular formula is C11H12O5. The molecule has 0 saturated heterocycles. The van der Waals surface area contributed by atoms with Crippen LogP contribution in [0.25, 0.3) is 0 Å². The van der Waals surface area contributed by atoms with Gasteiger partial charge in [-0.1, -0.05) is 6.07 Å². The number of hydrogen-bond acceptors (Lipinski definition) is 5. The Bertz CT molecular complexity index is 453. The minimum Gasteiger partial charge on any atom is -0.493 e. The molecule has 1 aromatic rings. The summed E-state index contributed by atoms with van der Waals surface area (Å²) in [6, 6.07) is 4.31. The van der Waals surface area contributed by atoms with Gasteiger partial charge in [-0.25, -0.2) is 0 Å². The van der Waals surface area contributed by atoms with Crippen molar-refractivity contribution in [2.45, 2.75) is 6.92 Å². The standard InChI is InChI=1S/C11H12O5/c1-7(12)16-10-8(13)5-4-6-9(14-2)11(10)15-3/h4-6H,1-3H3. The second kappa shape index (κ2) is 5.16. The largest absolute Gasteiger partial charge is 0.493 e. The highest BCUT2D eigenvalue weighted by Crippen LogP contribution is 2.32. The van der Waals surface area contributed by atoms with Crippen molar-refractivity contribution in [3.8, 4) is 17.2 Å². The SMILES string of the molecule is COc1cccc(=O)c(OC(C)=O)c1OC. The maximum atomic E-state index is 11.6. The molecule has 0 N–H and O–H groups in total. The molecule has 0 unspecified atom stereocenters. The number of methoxy groups -OCH3 is 2. The number of carbonyl (C=O) groups is 1. The van der Waals surface area contributed by atoms with Crippen molar-refractivity contribution in [3.63, 3.8) is 0 Å². The normalized spacial score (nSPS) is 9.44. The van der Waals surface area contributed by atoms with Gasteiger partial charge in [0.15, 0.2) is 5.75 Å². The van der Waals surface area contributed by atoms with E-state index in [9.17, 15) is 9.59 Å². The lowest BCUT2D eigenvalue weighted by atomic mass is 10.4. The zero-order valence-corrected chi connectivity index (χ0v) is 9.27. The van der Waals surface area contributed by atoms with Gasteiger partial charge in [0.25, 0.3) is 0 Å². The van der Waals surface area contributed by atoms with Gasteiger partial charge in [0.1, 0.15) is 0 Å². The third-order valence-corrected chi connectivity index (χ3v) is 1.82. The van der Waals surface area contributed by atoms with Crippen molar-refractivity contribution in [1.82, 2.24) is 0 Å². The first-order valence-corrected chi connectivity index (χ1v) is 4.54. The maximum Gasteiger partial charge on any atom is 0.308 e. The molecule has 0 fully saturated rings. The van der Waals surface area contributed by atoms with E-state index in [4.69, 9.17) is 14.2 Å². The van der Waals surface area contributed by atoms with Gasteiger partial charge in [0.05, 0.1) is 14.2 Å². The molecule has 0 saturated carbocycles. The Morgan fingerprint density at radius 2 is 1.81 bits per heavy atom. The highest BCUT2D eigenvalue weighted by Gasteiger charge is 2.14. The Hall–Kier alpha value is -2.04. The van der Waals surface area contributed by atoms with Gasteiger partial charge in [-0.3, -0.25) is 9.59 Å². The van der Waals surface area contributed by atoms with Gasteiger partial charge < -0.3 is 14.2 Å². The van der Waals surface area contributed by atoms with E-state index in [1.54, 1.807) is 6.07 Å². The molecule has 1 aromatic carbocycles. The molecule has 0 aliphatic heterocycles. The Kier molecular flexibility index (Phi) is 3.88. The van der Waals surface area contributed by atoms with E-state index in [1.165, 1.54) is 33.3 Å². The lowest BCUT2D eigenvalue weighted by Gasteiger charge is -2.07. The zero-order chi connectivity index (χ0) is 12.1. The Labute approximate surface area is 92.6 Å². The summed E-state index contributed by atoms with van der Waals surface area (Å²) in [4.78, 5) is 22.5. The molecular weight excluding hydrogens is 212 g/mol. The molecule has 16 heavy (non-hydrogen) atoms. The van der Waals surface area contributed by atoms with Gasteiger partial charge in [-0.2, -0.15) is 0 Å². The minimum atomic E-state index is -0.594. The van der Waals surface area contributed by atoms with Crippen LogP contribution in [0, 0.1) is 0 Å². The van der Waals surface area contributed by atoms with E-state index in [-0.39, 0.29) is 11.5 Å². The third-order valence-electron chi connectivity index (χ3n) is 1.82. The van der Waals surface area contributed by atoms with Gasteiger partial charge in [-0.15, -0.1) is 0 Å². The second-order valence-corrected chi connectivity index (χ2v) is 2.91. The monoisotopic (exact) mass is 224 g/mol. The van der Waals surface area contributed by atoms with Gasteiger partial charge in [0.2, 0.25) is 16.9 Å². The molecule has 86 valence electrons. The molecule has 0 amide bonds. The van der Waals surface area contributed by atoms with Crippen LogP contribution in [0.15, 0.2) is 23.0 Å². The van der Waals surface area contributed by atoms with Gasteiger partial charge >= 0.3 is 5.97 Å². The van der Waals surface area contributed by atoms with E-state index in [0.717, 1.165) is 0 Å². The summed E-state index contributed by atoms with van der Waals surface area (Å²) >= 11 is 0. The summed E-state index contributed by atoms with van der Waals surface area (Å²) < 4.78 is 14.8. The third kappa shape index (κ3) is 2.50. The van der Waals surface area contributed by atoms with Crippen LogP contribution in [0.3, 0.4) is 0 Å². The molecule has 5 nitrogen and oxygen atoms in total. The van der Waals surface area contributed by atoms with Crippen LogP contribution >= 0.6 is 0 Å². The van der Waals surface area contributed by atoms with E-state index in [1.807, 2.05) is 0 Å². The first kappa shape index (κ1) is 12.0. The lowest BCUT2D eigenvalue weighted by Crippen LogP contribution is -2.10. The van der Waals surface area contributed by atoms with Crippen molar-refractivity contribution >= 4 is 5.97 Å². The minimum absolute atomic E-state index is 0.104.